The Morgan fingerprint density at radius 3 is 2.59 bits per heavy atom. The van der Waals surface area contributed by atoms with Gasteiger partial charge in [-0.3, -0.25) is 4.79 Å². The number of hydrogen-bond acceptors (Lipinski definition) is 4. The topological polar surface area (TPSA) is 72.8 Å². The quantitative estimate of drug-likeness (QED) is 0.815. The highest BCUT2D eigenvalue weighted by molar-refractivity contribution is 9.10. The number of aliphatic carboxylic acids is 1. The molecule has 0 aromatic heterocycles. The summed E-state index contributed by atoms with van der Waals surface area (Å²) in [6.07, 6.45) is 0.674. The molecule has 0 amide bonds. The molecule has 0 bridgehead atoms. The summed E-state index contributed by atoms with van der Waals surface area (Å²) in [5, 5.41) is 8.53. The Hall–Kier alpha value is -1.56. The Balaban J connectivity index is 3.03. The van der Waals surface area contributed by atoms with Crippen LogP contribution in [-0.2, 0) is 4.79 Å². The number of halogens is 1. The van der Waals surface area contributed by atoms with Gasteiger partial charge < -0.3 is 14.6 Å². The molecule has 0 saturated heterocycles. The van der Waals surface area contributed by atoms with Crippen LogP contribution in [0, 0.1) is 0 Å². The largest absolute Gasteiger partial charge is 0.490 e. The maximum Gasteiger partial charge on any atom is 0.341 e. The lowest BCUT2D eigenvalue weighted by Gasteiger charge is -2.12. The Kier molecular flexibility index (Phi) is 4.96. The van der Waals surface area contributed by atoms with Crippen molar-refractivity contribution in [2.45, 2.75) is 6.92 Å². The normalized spacial score (nSPS) is 9.76. The molecular formula is C11H11BrO5. The summed E-state index contributed by atoms with van der Waals surface area (Å²) in [6, 6.07) is 3.01. The molecule has 0 unspecified atom stereocenters. The van der Waals surface area contributed by atoms with E-state index in [0.717, 1.165) is 0 Å². The standard InChI is InChI=1S/C11H11BrO5/c1-2-16-9-3-7(5-13)8(12)4-10(9)17-6-11(14)15/h3-5H,2,6H2,1H3,(H,14,15). The van der Waals surface area contributed by atoms with Gasteiger partial charge in [0.2, 0.25) is 0 Å². The van der Waals surface area contributed by atoms with Crippen LogP contribution < -0.4 is 9.47 Å². The van der Waals surface area contributed by atoms with Crippen molar-refractivity contribution in [3.63, 3.8) is 0 Å². The van der Waals surface area contributed by atoms with Crippen LogP contribution in [-0.4, -0.2) is 30.6 Å². The Morgan fingerprint density at radius 1 is 1.41 bits per heavy atom. The fraction of sp³-hybridized carbons (Fsp3) is 0.273. The maximum absolute atomic E-state index is 10.7. The SMILES string of the molecule is CCOc1cc(C=O)c(Br)cc1OCC(=O)O. The van der Waals surface area contributed by atoms with E-state index in [1.807, 2.05) is 0 Å². The molecule has 0 spiro atoms. The number of carboxylic acids is 1. The summed E-state index contributed by atoms with van der Waals surface area (Å²) >= 11 is 3.19. The van der Waals surface area contributed by atoms with Crippen LogP contribution >= 0.6 is 15.9 Å². The molecule has 0 saturated carbocycles. The van der Waals surface area contributed by atoms with Gasteiger partial charge in [0.1, 0.15) is 0 Å². The first-order valence-corrected chi connectivity index (χ1v) is 5.64. The van der Waals surface area contributed by atoms with Crippen molar-refractivity contribution in [2.75, 3.05) is 13.2 Å². The van der Waals surface area contributed by atoms with E-state index in [2.05, 4.69) is 15.9 Å². The zero-order valence-corrected chi connectivity index (χ0v) is 10.7. The smallest absolute Gasteiger partial charge is 0.341 e. The fourth-order valence-electron chi connectivity index (χ4n) is 1.16. The van der Waals surface area contributed by atoms with E-state index in [1.165, 1.54) is 12.1 Å². The molecule has 1 rings (SSSR count). The van der Waals surface area contributed by atoms with Crippen LogP contribution in [0.5, 0.6) is 11.5 Å². The van der Waals surface area contributed by atoms with Crippen molar-refractivity contribution in [3.8, 4) is 11.5 Å². The molecular weight excluding hydrogens is 292 g/mol. The van der Waals surface area contributed by atoms with Crippen molar-refractivity contribution in [1.82, 2.24) is 0 Å². The Bertz CT molecular complexity index is 430. The van der Waals surface area contributed by atoms with E-state index >= 15 is 0 Å². The van der Waals surface area contributed by atoms with E-state index in [1.54, 1.807) is 6.92 Å². The molecule has 0 fully saturated rings. The van der Waals surface area contributed by atoms with Crippen molar-refractivity contribution in [2.24, 2.45) is 0 Å². The molecule has 1 aromatic carbocycles. The Morgan fingerprint density at radius 2 is 2.06 bits per heavy atom. The molecule has 0 atom stereocenters. The first-order valence-electron chi connectivity index (χ1n) is 4.84. The Labute approximate surface area is 106 Å². The number of carbonyl (C=O) groups is 2. The van der Waals surface area contributed by atoms with Gasteiger partial charge in [-0.2, -0.15) is 0 Å². The highest BCUT2D eigenvalue weighted by Crippen LogP contribution is 2.33. The summed E-state index contributed by atoms with van der Waals surface area (Å²) in [6.45, 7) is 1.71. The molecule has 92 valence electrons. The average molecular weight is 303 g/mol. The van der Waals surface area contributed by atoms with Gasteiger partial charge in [0.15, 0.2) is 24.4 Å². The highest BCUT2D eigenvalue weighted by atomic mass is 79.9. The second-order valence-electron chi connectivity index (χ2n) is 3.05. The third-order valence-electron chi connectivity index (χ3n) is 1.84. The minimum absolute atomic E-state index is 0.284. The molecule has 0 aliphatic rings. The molecule has 5 nitrogen and oxygen atoms in total. The van der Waals surface area contributed by atoms with E-state index in [-0.39, 0.29) is 5.75 Å². The van der Waals surface area contributed by atoms with Crippen molar-refractivity contribution < 1.29 is 24.2 Å². The van der Waals surface area contributed by atoms with Gasteiger partial charge in [0.05, 0.1) is 6.61 Å². The first-order chi connectivity index (χ1) is 8.08. The number of rotatable bonds is 6. The van der Waals surface area contributed by atoms with Gasteiger partial charge in [-0.05, 0) is 35.0 Å². The number of benzene rings is 1. The van der Waals surface area contributed by atoms with Crippen LogP contribution in [0.3, 0.4) is 0 Å². The average Bonchev–Trinajstić information content (AvgIpc) is 2.29. The van der Waals surface area contributed by atoms with Gasteiger partial charge in [-0.15, -0.1) is 0 Å². The zero-order valence-electron chi connectivity index (χ0n) is 9.10. The minimum atomic E-state index is -1.08. The summed E-state index contributed by atoms with van der Waals surface area (Å²) in [5.41, 5.74) is 0.413. The van der Waals surface area contributed by atoms with Crippen LogP contribution in [0.4, 0.5) is 0 Å². The predicted molar refractivity (Wildman–Crippen MR) is 63.8 cm³/mol. The molecule has 0 aliphatic carbocycles. The number of carbonyl (C=O) groups excluding carboxylic acids is 1. The van der Waals surface area contributed by atoms with E-state index in [9.17, 15) is 9.59 Å². The van der Waals surface area contributed by atoms with Crippen LogP contribution in [0.25, 0.3) is 0 Å². The lowest BCUT2D eigenvalue weighted by molar-refractivity contribution is -0.139. The molecule has 1 N–H and O–H groups in total. The molecule has 0 radical (unpaired) electrons. The number of hydrogen-bond donors (Lipinski definition) is 1. The zero-order chi connectivity index (χ0) is 12.8. The van der Waals surface area contributed by atoms with Gasteiger partial charge in [-0.1, -0.05) is 0 Å². The van der Waals surface area contributed by atoms with Gasteiger partial charge >= 0.3 is 5.97 Å². The number of aldehydes is 1. The minimum Gasteiger partial charge on any atom is -0.490 e. The predicted octanol–water partition coefficient (Wildman–Crippen LogP) is 2.12. The second-order valence-corrected chi connectivity index (χ2v) is 3.91. The summed E-state index contributed by atoms with van der Waals surface area (Å²) in [4.78, 5) is 21.2. The second kappa shape index (κ2) is 6.24. The van der Waals surface area contributed by atoms with Crippen LogP contribution in [0.15, 0.2) is 16.6 Å². The molecule has 0 heterocycles. The van der Waals surface area contributed by atoms with Gasteiger partial charge in [0, 0.05) is 10.0 Å². The number of carboxylic acid groups (broad SMARTS) is 1. The maximum atomic E-state index is 10.7. The van der Waals surface area contributed by atoms with E-state index in [4.69, 9.17) is 14.6 Å². The molecule has 0 aliphatic heterocycles. The summed E-state index contributed by atoms with van der Waals surface area (Å²) in [7, 11) is 0. The van der Waals surface area contributed by atoms with E-state index < -0.39 is 12.6 Å². The lowest BCUT2D eigenvalue weighted by atomic mass is 10.2. The third kappa shape index (κ3) is 3.74. The fourth-order valence-corrected chi connectivity index (χ4v) is 1.58. The number of ether oxygens (including phenoxy) is 2. The highest BCUT2D eigenvalue weighted by Gasteiger charge is 2.11. The molecule has 1 aromatic rings. The van der Waals surface area contributed by atoms with Crippen molar-refractivity contribution in [3.05, 3.63) is 22.2 Å². The van der Waals surface area contributed by atoms with Crippen molar-refractivity contribution in [1.29, 1.82) is 0 Å². The summed E-state index contributed by atoms with van der Waals surface area (Å²) in [5.74, 6) is -0.450. The van der Waals surface area contributed by atoms with Crippen LogP contribution in [0.1, 0.15) is 17.3 Å². The molecule has 6 heteroatoms. The van der Waals surface area contributed by atoms with E-state index in [0.29, 0.717) is 28.7 Å². The lowest BCUT2D eigenvalue weighted by Crippen LogP contribution is -2.10. The summed E-state index contributed by atoms with van der Waals surface area (Å²) < 4.78 is 10.9. The third-order valence-corrected chi connectivity index (χ3v) is 2.53. The van der Waals surface area contributed by atoms with Gasteiger partial charge in [-0.25, -0.2) is 4.79 Å². The first kappa shape index (κ1) is 13.5. The van der Waals surface area contributed by atoms with Gasteiger partial charge in [0.25, 0.3) is 0 Å². The van der Waals surface area contributed by atoms with Crippen LogP contribution in [0.2, 0.25) is 0 Å². The molecule has 17 heavy (non-hydrogen) atoms. The monoisotopic (exact) mass is 302 g/mol. The van der Waals surface area contributed by atoms with Crippen molar-refractivity contribution >= 4 is 28.2 Å².